The number of carbonyl (C=O) groups excluding carboxylic acids is 6. The van der Waals surface area contributed by atoms with Crippen LogP contribution in [-0.2, 0) is 19.1 Å². The van der Waals surface area contributed by atoms with E-state index in [0.29, 0.717) is 46.0 Å². The van der Waals surface area contributed by atoms with Gasteiger partial charge in [-0.05, 0) is 75.4 Å². The maximum Gasteiger partial charge on any atom is 0.308 e. The lowest BCUT2D eigenvalue weighted by Crippen LogP contribution is -2.54. The molecule has 3 aliphatic heterocycles. The number of halogens is 1. The summed E-state index contributed by atoms with van der Waals surface area (Å²) >= 11 is 7.53. The Morgan fingerprint density at radius 2 is 1.73 bits per heavy atom. The predicted molar refractivity (Wildman–Crippen MR) is 203 cm³/mol. The molecule has 0 radical (unpaired) electrons. The molecule has 4 aromatic rings. The Balaban J connectivity index is 0.976. The molecule has 7 rings (SSSR count). The molecule has 5 amide bonds. The molecule has 284 valence electrons. The van der Waals surface area contributed by atoms with Crippen molar-refractivity contribution in [3.05, 3.63) is 91.8 Å². The standard InChI is InChI=1S/C38H37ClN8O7S/c1-19-30-31(21-7-9-22(39)10-8-21)42-26(18-29(49)54-3)33-45-44-20(2)46(33)38(30)55-32(19)35(51)41-16-6-4-5-15-40-23-11-12-24-25(17-23)37(53)47(36(24)52)27-13-14-28(48)43-34(27)50/h7-12,17,26-27,40H,4-6,13-16,18H2,1-3H3,(H,41,51)(H,43,48,50)/t26-,27?/m0/s1. The number of unbranched alkanes of at least 4 members (excludes halogenated alkanes) is 2. The van der Waals surface area contributed by atoms with E-state index in [1.165, 1.54) is 18.4 Å². The molecule has 1 fully saturated rings. The molecule has 5 heterocycles. The van der Waals surface area contributed by atoms with Crippen molar-refractivity contribution in [2.75, 3.05) is 25.5 Å². The van der Waals surface area contributed by atoms with Crippen LogP contribution in [0.5, 0.6) is 0 Å². The molecule has 15 nitrogen and oxygen atoms in total. The number of nitrogens with one attached hydrogen (secondary N) is 3. The van der Waals surface area contributed by atoms with Gasteiger partial charge in [0.1, 0.15) is 22.9 Å². The predicted octanol–water partition coefficient (Wildman–Crippen LogP) is 4.47. The fourth-order valence-corrected chi connectivity index (χ4v) is 8.41. The summed E-state index contributed by atoms with van der Waals surface area (Å²) in [6, 6.07) is 10.5. The number of ether oxygens (including phenoxy) is 1. The number of methoxy groups -OCH3 is 1. The summed E-state index contributed by atoms with van der Waals surface area (Å²) < 4.78 is 6.82. The Labute approximate surface area is 324 Å². The first-order valence-corrected chi connectivity index (χ1v) is 19.0. The minimum Gasteiger partial charge on any atom is -0.469 e. The third-order valence-electron chi connectivity index (χ3n) is 9.82. The molecule has 0 bridgehead atoms. The zero-order valence-electron chi connectivity index (χ0n) is 30.2. The number of amides is 5. The molecule has 2 atom stereocenters. The minimum atomic E-state index is -1.01. The van der Waals surface area contributed by atoms with E-state index in [2.05, 4.69) is 26.1 Å². The van der Waals surface area contributed by atoms with Gasteiger partial charge in [-0.2, -0.15) is 0 Å². The first-order valence-electron chi connectivity index (χ1n) is 17.8. The number of imide groups is 2. The average Bonchev–Trinajstić information content (AvgIpc) is 3.76. The summed E-state index contributed by atoms with van der Waals surface area (Å²) in [4.78, 5) is 82.6. The number of esters is 1. The largest absolute Gasteiger partial charge is 0.469 e. The number of aliphatic imine (C=N–C) groups is 1. The van der Waals surface area contributed by atoms with Gasteiger partial charge in [0.15, 0.2) is 5.82 Å². The number of aryl methyl sites for hydroxylation is 1. The van der Waals surface area contributed by atoms with Crippen LogP contribution in [0, 0.1) is 13.8 Å². The molecule has 1 unspecified atom stereocenters. The van der Waals surface area contributed by atoms with Crippen molar-refractivity contribution in [3.8, 4) is 5.00 Å². The second-order valence-electron chi connectivity index (χ2n) is 13.4. The highest BCUT2D eigenvalue weighted by Crippen LogP contribution is 2.40. The van der Waals surface area contributed by atoms with Gasteiger partial charge in [-0.3, -0.25) is 48.5 Å². The molecule has 0 aliphatic carbocycles. The average molecular weight is 785 g/mol. The van der Waals surface area contributed by atoms with Crippen molar-refractivity contribution in [1.82, 2.24) is 30.3 Å². The van der Waals surface area contributed by atoms with E-state index in [9.17, 15) is 28.8 Å². The molecular weight excluding hydrogens is 748 g/mol. The highest BCUT2D eigenvalue weighted by Gasteiger charge is 2.44. The van der Waals surface area contributed by atoms with Crippen molar-refractivity contribution < 1.29 is 33.5 Å². The quantitative estimate of drug-likeness (QED) is 0.105. The van der Waals surface area contributed by atoms with Gasteiger partial charge in [0, 0.05) is 41.3 Å². The first kappa shape index (κ1) is 37.6. The van der Waals surface area contributed by atoms with Gasteiger partial charge in [-0.15, -0.1) is 21.5 Å². The number of piperidine rings is 1. The van der Waals surface area contributed by atoms with Crippen LogP contribution >= 0.6 is 22.9 Å². The number of aromatic nitrogens is 3. The molecule has 2 aromatic heterocycles. The lowest BCUT2D eigenvalue weighted by molar-refractivity contribution is -0.141. The number of benzene rings is 2. The minimum absolute atomic E-state index is 0.0399. The second-order valence-corrected chi connectivity index (χ2v) is 14.8. The van der Waals surface area contributed by atoms with E-state index in [-0.39, 0.29) is 36.3 Å². The number of rotatable bonds is 12. The molecule has 17 heteroatoms. The fourth-order valence-electron chi connectivity index (χ4n) is 7.00. The highest BCUT2D eigenvalue weighted by molar-refractivity contribution is 7.17. The van der Waals surface area contributed by atoms with Crippen molar-refractivity contribution in [1.29, 1.82) is 0 Å². The fraction of sp³-hybridized carbons (Fsp3) is 0.342. The summed E-state index contributed by atoms with van der Waals surface area (Å²) in [6.45, 7) is 4.74. The third-order valence-corrected chi connectivity index (χ3v) is 11.3. The van der Waals surface area contributed by atoms with Gasteiger partial charge in [-0.25, -0.2) is 0 Å². The van der Waals surface area contributed by atoms with E-state index in [4.69, 9.17) is 21.3 Å². The lowest BCUT2D eigenvalue weighted by atomic mass is 9.99. The van der Waals surface area contributed by atoms with E-state index < -0.39 is 41.7 Å². The summed E-state index contributed by atoms with van der Waals surface area (Å²) in [7, 11) is 1.33. The summed E-state index contributed by atoms with van der Waals surface area (Å²) in [5.74, 6) is -1.76. The third kappa shape index (κ3) is 7.26. The zero-order valence-corrected chi connectivity index (χ0v) is 31.8. The normalized spacial score (nSPS) is 17.5. The molecule has 0 saturated carbocycles. The number of anilines is 1. The molecule has 55 heavy (non-hydrogen) atoms. The van der Waals surface area contributed by atoms with E-state index in [1.807, 2.05) is 30.5 Å². The Kier molecular flexibility index (Phi) is 10.6. The summed E-state index contributed by atoms with van der Waals surface area (Å²) in [5, 5.41) is 18.5. The van der Waals surface area contributed by atoms with Crippen LogP contribution in [0.4, 0.5) is 5.69 Å². The van der Waals surface area contributed by atoms with Crippen molar-refractivity contribution in [2.24, 2.45) is 4.99 Å². The molecule has 2 aromatic carbocycles. The number of hydrogen-bond donors (Lipinski definition) is 3. The first-order chi connectivity index (χ1) is 26.5. The van der Waals surface area contributed by atoms with Gasteiger partial charge in [0.2, 0.25) is 11.8 Å². The zero-order chi connectivity index (χ0) is 39.0. The summed E-state index contributed by atoms with van der Waals surface area (Å²) in [5.41, 5.74) is 3.97. The number of hydrogen-bond acceptors (Lipinski definition) is 12. The number of nitrogens with zero attached hydrogens (tertiary/aromatic N) is 5. The van der Waals surface area contributed by atoms with Gasteiger partial charge >= 0.3 is 5.97 Å². The van der Waals surface area contributed by atoms with Crippen LogP contribution in [-0.4, -0.2) is 87.1 Å². The lowest BCUT2D eigenvalue weighted by Gasteiger charge is -2.27. The molecular formula is C38H37ClN8O7S. The van der Waals surface area contributed by atoms with E-state index in [0.717, 1.165) is 45.9 Å². The number of carbonyl (C=O) groups is 6. The van der Waals surface area contributed by atoms with Crippen molar-refractivity contribution in [3.63, 3.8) is 0 Å². The summed E-state index contributed by atoms with van der Waals surface area (Å²) in [6.07, 6.45) is 2.41. The van der Waals surface area contributed by atoms with Crippen LogP contribution < -0.4 is 16.0 Å². The molecule has 3 N–H and O–H groups in total. The number of thiophene rings is 1. The number of fused-ring (bicyclic) bond motifs is 4. The van der Waals surface area contributed by atoms with E-state index in [1.54, 1.807) is 30.3 Å². The topological polar surface area (TPSA) is 194 Å². The van der Waals surface area contributed by atoms with Crippen LogP contribution in [0.15, 0.2) is 47.5 Å². The van der Waals surface area contributed by atoms with Gasteiger partial charge in [0.25, 0.3) is 17.7 Å². The van der Waals surface area contributed by atoms with Crippen LogP contribution in [0.1, 0.15) is 103 Å². The Bertz CT molecular complexity index is 2280. The smallest absolute Gasteiger partial charge is 0.308 e. The van der Waals surface area contributed by atoms with Gasteiger partial charge in [0.05, 0.1) is 35.2 Å². The Hall–Kier alpha value is -5.74. The van der Waals surface area contributed by atoms with Gasteiger partial charge < -0.3 is 15.4 Å². The SMILES string of the molecule is COC(=O)C[C@@H]1N=C(c2ccc(Cl)cc2)c2c(sc(C(=O)NCCCCCNc3ccc4c(c3)C(=O)N(C3CCC(=O)NC3=O)C4=O)c2C)-n2c(C)nnc21. The maximum absolute atomic E-state index is 13.6. The Morgan fingerprint density at radius 3 is 2.47 bits per heavy atom. The maximum atomic E-state index is 13.6. The highest BCUT2D eigenvalue weighted by atomic mass is 35.5. The molecule has 1 saturated heterocycles. The van der Waals surface area contributed by atoms with Crippen molar-refractivity contribution in [2.45, 2.75) is 64.5 Å². The Morgan fingerprint density at radius 1 is 0.982 bits per heavy atom. The molecule has 0 spiro atoms. The molecule has 3 aliphatic rings. The van der Waals surface area contributed by atoms with E-state index >= 15 is 0 Å². The second kappa shape index (κ2) is 15.5. The van der Waals surface area contributed by atoms with Gasteiger partial charge in [-0.1, -0.05) is 23.7 Å². The van der Waals surface area contributed by atoms with Crippen LogP contribution in [0.25, 0.3) is 5.00 Å². The monoisotopic (exact) mass is 784 g/mol. The van der Waals surface area contributed by atoms with Crippen LogP contribution in [0.3, 0.4) is 0 Å². The van der Waals surface area contributed by atoms with Crippen LogP contribution in [0.2, 0.25) is 5.02 Å². The van der Waals surface area contributed by atoms with Crippen molar-refractivity contribution >= 4 is 69.8 Å².